The summed E-state index contributed by atoms with van der Waals surface area (Å²) in [5.41, 5.74) is 0. The van der Waals surface area contributed by atoms with Crippen molar-refractivity contribution in [2.75, 3.05) is 26.2 Å². The summed E-state index contributed by atoms with van der Waals surface area (Å²) in [5.74, 6) is -0.184. The van der Waals surface area contributed by atoms with Gasteiger partial charge in [-0.3, -0.25) is 9.69 Å². The Morgan fingerprint density at radius 3 is 2.26 bits per heavy atom. The maximum atomic E-state index is 13.5. The van der Waals surface area contributed by atoms with E-state index in [1.807, 2.05) is 4.90 Å². The Morgan fingerprint density at radius 2 is 1.63 bits per heavy atom. The van der Waals surface area contributed by atoms with Crippen molar-refractivity contribution in [1.29, 1.82) is 0 Å². The molecule has 1 saturated carbocycles. The summed E-state index contributed by atoms with van der Waals surface area (Å²) in [4.78, 5) is 18.0. The topological polar surface area (TPSA) is 57.7 Å². The molecule has 27 heavy (non-hydrogen) atoms. The van der Waals surface area contributed by atoms with E-state index >= 15 is 0 Å². The Kier molecular flexibility index (Phi) is 5.25. The normalized spacial score (nSPS) is 26.0. The van der Waals surface area contributed by atoms with E-state index in [0.29, 0.717) is 37.0 Å². The quantitative estimate of drug-likeness (QED) is 0.765. The molecule has 0 radical (unpaired) electrons. The van der Waals surface area contributed by atoms with Crippen LogP contribution < -0.4 is 0 Å². The molecule has 2 saturated heterocycles. The third-order valence-corrected chi connectivity index (χ3v) is 9.30. The lowest BCUT2D eigenvalue weighted by Crippen LogP contribution is -2.52. The lowest BCUT2D eigenvalue weighted by molar-refractivity contribution is -0.133. The first-order chi connectivity index (χ1) is 12.9. The number of hydrogen-bond donors (Lipinski definition) is 0. The molecule has 2 aliphatic heterocycles. The highest BCUT2D eigenvalue weighted by Gasteiger charge is 2.55. The molecule has 5 nitrogen and oxygen atoms in total. The highest BCUT2D eigenvalue weighted by atomic mass is 35.5. The van der Waals surface area contributed by atoms with Gasteiger partial charge in [-0.2, -0.15) is 0 Å². The summed E-state index contributed by atoms with van der Waals surface area (Å²) in [6.45, 7) is 3.52. The van der Waals surface area contributed by atoms with E-state index in [1.165, 1.54) is 25.0 Å². The second kappa shape index (κ2) is 7.37. The number of sulfone groups is 1. The Morgan fingerprint density at radius 1 is 1.00 bits per heavy atom. The molecule has 0 bridgehead atoms. The molecular weight excluding hydrogens is 384 g/mol. The van der Waals surface area contributed by atoms with E-state index < -0.39 is 14.6 Å². The van der Waals surface area contributed by atoms with Crippen LogP contribution >= 0.6 is 11.6 Å². The molecule has 4 rings (SSSR count). The molecule has 1 aromatic carbocycles. The Bertz CT molecular complexity index is 797. The van der Waals surface area contributed by atoms with Crippen molar-refractivity contribution < 1.29 is 13.2 Å². The molecule has 1 aliphatic carbocycles. The zero-order chi connectivity index (χ0) is 19.1. The fraction of sp³-hybridized carbons (Fsp3) is 0.650. The number of benzene rings is 1. The summed E-state index contributed by atoms with van der Waals surface area (Å²) < 4.78 is 25.7. The molecule has 0 N–H and O–H groups in total. The molecule has 1 aromatic rings. The van der Waals surface area contributed by atoms with Gasteiger partial charge in [-0.05, 0) is 69.5 Å². The average molecular weight is 411 g/mol. The van der Waals surface area contributed by atoms with Crippen LogP contribution in [0.2, 0.25) is 5.02 Å². The predicted octanol–water partition coefficient (Wildman–Crippen LogP) is 3.12. The predicted molar refractivity (Wildman–Crippen MR) is 106 cm³/mol. The molecule has 7 heteroatoms. The Labute approximate surface area is 166 Å². The van der Waals surface area contributed by atoms with E-state index in [-0.39, 0.29) is 10.8 Å². The van der Waals surface area contributed by atoms with Gasteiger partial charge < -0.3 is 4.90 Å². The number of nitrogens with zero attached hydrogens (tertiary/aromatic N) is 2. The van der Waals surface area contributed by atoms with Crippen LogP contribution in [0.5, 0.6) is 0 Å². The van der Waals surface area contributed by atoms with Crippen LogP contribution in [0.4, 0.5) is 0 Å². The van der Waals surface area contributed by atoms with Crippen molar-refractivity contribution in [1.82, 2.24) is 9.80 Å². The zero-order valence-corrected chi connectivity index (χ0v) is 17.1. The number of amides is 1. The fourth-order valence-electron chi connectivity index (χ4n) is 5.00. The minimum Gasteiger partial charge on any atom is -0.340 e. The Balaban J connectivity index is 1.60. The van der Waals surface area contributed by atoms with Gasteiger partial charge in [-0.1, -0.05) is 24.4 Å². The van der Waals surface area contributed by atoms with Crippen LogP contribution in [0.1, 0.15) is 44.9 Å². The van der Waals surface area contributed by atoms with Gasteiger partial charge in [0.05, 0.1) is 4.90 Å². The number of carbonyl (C=O) groups is 1. The van der Waals surface area contributed by atoms with Crippen molar-refractivity contribution in [2.45, 2.75) is 60.6 Å². The SMILES string of the molecule is O=C(N1CCC(N2CCCC2)C1)C1(S(=O)(=O)c2ccc(Cl)cc2)CCCC1. The lowest BCUT2D eigenvalue weighted by atomic mass is 10.1. The van der Waals surface area contributed by atoms with E-state index in [2.05, 4.69) is 4.90 Å². The van der Waals surface area contributed by atoms with Crippen LogP contribution in [0, 0.1) is 0 Å². The zero-order valence-electron chi connectivity index (χ0n) is 15.6. The van der Waals surface area contributed by atoms with E-state index in [4.69, 9.17) is 11.6 Å². The van der Waals surface area contributed by atoms with Gasteiger partial charge >= 0.3 is 0 Å². The van der Waals surface area contributed by atoms with Gasteiger partial charge in [0, 0.05) is 24.2 Å². The van der Waals surface area contributed by atoms with Gasteiger partial charge in [0.15, 0.2) is 14.6 Å². The van der Waals surface area contributed by atoms with Crippen LogP contribution in [0.15, 0.2) is 29.2 Å². The summed E-state index contributed by atoms with van der Waals surface area (Å²) in [6, 6.07) is 6.61. The number of likely N-dealkylation sites (tertiary alicyclic amines) is 2. The second-order valence-electron chi connectivity index (χ2n) is 8.10. The van der Waals surface area contributed by atoms with Crippen molar-refractivity contribution >= 4 is 27.3 Å². The van der Waals surface area contributed by atoms with E-state index in [0.717, 1.165) is 32.4 Å². The summed E-state index contributed by atoms with van der Waals surface area (Å²) in [5, 5.41) is 0.494. The van der Waals surface area contributed by atoms with Gasteiger partial charge in [-0.25, -0.2) is 8.42 Å². The van der Waals surface area contributed by atoms with E-state index in [1.54, 1.807) is 12.1 Å². The third-order valence-electron chi connectivity index (χ3n) is 6.55. The summed E-state index contributed by atoms with van der Waals surface area (Å²) in [7, 11) is -3.75. The summed E-state index contributed by atoms with van der Waals surface area (Å²) >= 11 is 5.93. The molecule has 0 spiro atoms. The third kappa shape index (κ3) is 3.30. The number of carbonyl (C=O) groups excluding carboxylic acids is 1. The van der Waals surface area contributed by atoms with Crippen LogP contribution in [0.25, 0.3) is 0 Å². The minimum atomic E-state index is -3.75. The van der Waals surface area contributed by atoms with E-state index in [9.17, 15) is 13.2 Å². The maximum Gasteiger partial charge on any atom is 0.244 e. The molecule has 148 valence electrons. The van der Waals surface area contributed by atoms with Gasteiger partial charge in [-0.15, -0.1) is 0 Å². The molecule has 3 fully saturated rings. The molecule has 1 atom stereocenters. The largest absolute Gasteiger partial charge is 0.340 e. The number of hydrogen-bond acceptors (Lipinski definition) is 4. The Hall–Kier alpha value is -1.11. The van der Waals surface area contributed by atoms with Gasteiger partial charge in [0.2, 0.25) is 5.91 Å². The van der Waals surface area contributed by atoms with Crippen molar-refractivity contribution in [2.24, 2.45) is 0 Å². The minimum absolute atomic E-state index is 0.184. The van der Waals surface area contributed by atoms with Crippen LogP contribution in [-0.2, 0) is 14.6 Å². The molecule has 1 unspecified atom stereocenters. The summed E-state index contributed by atoms with van der Waals surface area (Å²) in [6.07, 6.45) is 5.79. The van der Waals surface area contributed by atoms with Crippen LogP contribution in [-0.4, -0.2) is 61.1 Å². The molecule has 3 aliphatic rings. The monoisotopic (exact) mass is 410 g/mol. The van der Waals surface area contributed by atoms with Crippen molar-refractivity contribution in [3.8, 4) is 0 Å². The fourth-order valence-corrected chi connectivity index (χ4v) is 7.26. The van der Waals surface area contributed by atoms with Gasteiger partial charge in [0.1, 0.15) is 0 Å². The standard InChI is InChI=1S/C20H27ClN2O3S/c21-16-5-7-18(8-6-16)27(25,26)20(10-1-2-11-20)19(24)23-14-9-17(15-23)22-12-3-4-13-22/h5-8,17H,1-4,9-15H2. The maximum absolute atomic E-state index is 13.5. The highest BCUT2D eigenvalue weighted by molar-refractivity contribution is 7.93. The molecule has 1 amide bonds. The second-order valence-corrected chi connectivity index (χ2v) is 10.8. The number of halogens is 1. The van der Waals surface area contributed by atoms with Gasteiger partial charge in [0.25, 0.3) is 0 Å². The highest BCUT2D eigenvalue weighted by Crippen LogP contribution is 2.43. The average Bonchev–Trinajstić information content (AvgIpc) is 3.42. The number of rotatable bonds is 4. The van der Waals surface area contributed by atoms with Crippen LogP contribution in [0.3, 0.4) is 0 Å². The molecular formula is C20H27ClN2O3S. The first-order valence-corrected chi connectivity index (χ1v) is 11.8. The van der Waals surface area contributed by atoms with Crippen molar-refractivity contribution in [3.05, 3.63) is 29.3 Å². The lowest BCUT2D eigenvalue weighted by Gasteiger charge is -2.32. The first kappa shape index (κ1) is 19.2. The first-order valence-electron chi connectivity index (χ1n) is 9.98. The molecule has 0 aromatic heterocycles. The smallest absolute Gasteiger partial charge is 0.244 e. The molecule has 2 heterocycles. The van der Waals surface area contributed by atoms with Crippen molar-refractivity contribution in [3.63, 3.8) is 0 Å².